The Kier molecular flexibility index (Phi) is 2.97. The number of benzene rings is 1. The van der Waals surface area contributed by atoms with Crippen molar-refractivity contribution in [1.82, 2.24) is 4.98 Å². The second kappa shape index (κ2) is 4.41. The van der Waals surface area contributed by atoms with E-state index in [2.05, 4.69) is 30.1 Å². The maximum atomic E-state index is 5.60. The Bertz CT molecular complexity index is 446. The molecular weight excluding hydrogens is 184 g/mol. The third kappa shape index (κ3) is 2.00. The first kappa shape index (κ1) is 10.1. The summed E-state index contributed by atoms with van der Waals surface area (Å²) in [5.41, 5.74) is 8.02. The number of rotatable bonds is 3. The lowest BCUT2D eigenvalue weighted by Gasteiger charge is -2.12. The highest BCUT2D eigenvalue weighted by Gasteiger charge is 2.08. The van der Waals surface area contributed by atoms with Crippen molar-refractivity contribution in [1.29, 1.82) is 0 Å². The van der Waals surface area contributed by atoms with E-state index in [9.17, 15) is 0 Å². The molecule has 0 aliphatic rings. The van der Waals surface area contributed by atoms with E-state index in [1.165, 1.54) is 10.9 Å². The van der Waals surface area contributed by atoms with Gasteiger partial charge in [0.25, 0.3) is 0 Å². The summed E-state index contributed by atoms with van der Waals surface area (Å²) >= 11 is 0. The topological polar surface area (TPSA) is 38.9 Å². The van der Waals surface area contributed by atoms with Crippen LogP contribution in [0.1, 0.15) is 24.8 Å². The molecule has 0 radical (unpaired) electrons. The molecule has 0 spiro atoms. The quantitative estimate of drug-likeness (QED) is 0.827. The van der Waals surface area contributed by atoms with Crippen LogP contribution in [0.25, 0.3) is 10.9 Å². The van der Waals surface area contributed by atoms with Crippen LogP contribution < -0.4 is 5.73 Å². The van der Waals surface area contributed by atoms with Crippen molar-refractivity contribution < 1.29 is 0 Å². The first-order valence-electron chi connectivity index (χ1n) is 5.36. The van der Waals surface area contributed by atoms with Crippen molar-refractivity contribution in [3.05, 3.63) is 42.1 Å². The van der Waals surface area contributed by atoms with E-state index in [0.29, 0.717) is 5.92 Å². The lowest BCUT2D eigenvalue weighted by molar-refractivity contribution is 0.695. The predicted octanol–water partition coefficient (Wildman–Crippen LogP) is 2.69. The molecule has 2 rings (SSSR count). The fraction of sp³-hybridized carbons (Fsp3) is 0.308. The summed E-state index contributed by atoms with van der Waals surface area (Å²) in [6.45, 7) is 2.95. The molecule has 15 heavy (non-hydrogen) atoms. The van der Waals surface area contributed by atoms with Crippen LogP contribution in [0.5, 0.6) is 0 Å². The normalized spacial score (nSPS) is 12.9. The number of pyridine rings is 1. The van der Waals surface area contributed by atoms with Crippen LogP contribution in [-0.4, -0.2) is 11.5 Å². The monoisotopic (exact) mass is 200 g/mol. The van der Waals surface area contributed by atoms with Gasteiger partial charge in [0.05, 0.1) is 5.52 Å². The van der Waals surface area contributed by atoms with Gasteiger partial charge < -0.3 is 5.73 Å². The fourth-order valence-corrected chi connectivity index (χ4v) is 1.96. The zero-order chi connectivity index (χ0) is 10.7. The summed E-state index contributed by atoms with van der Waals surface area (Å²) in [6, 6.07) is 10.4. The summed E-state index contributed by atoms with van der Waals surface area (Å²) in [6.07, 6.45) is 2.85. The molecule has 0 bridgehead atoms. The van der Waals surface area contributed by atoms with Gasteiger partial charge in [-0.05, 0) is 36.6 Å². The van der Waals surface area contributed by atoms with Crippen LogP contribution in [0.3, 0.4) is 0 Å². The summed E-state index contributed by atoms with van der Waals surface area (Å²) in [7, 11) is 0. The molecule has 1 atom stereocenters. The molecule has 2 N–H and O–H groups in total. The van der Waals surface area contributed by atoms with Gasteiger partial charge in [-0.15, -0.1) is 0 Å². The summed E-state index contributed by atoms with van der Waals surface area (Å²) in [4.78, 5) is 4.35. The highest BCUT2D eigenvalue weighted by atomic mass is 14.6. The van der Waals surface area contributed by atoms with E-state index in [1.54, 1.807) is 0 Å². The van der Waals surface area contributed by atoms with Crippen LogP contribution in [0, 0.1) is 0 Å². The van der Waals surface area contributed by atoms with Gasteiger partial charge in [-0.2, -0.15) is 0 Å². The first-order chi connectivity index (χ1) is 7.33. The average Bonchev–Trinajstić information content (AvgIpc) is 2.28. The van der Waals surface area contributed by atoms with Gasteiger partial charge in [-0.1, -0.05) is 25.1 Å². The summed E-state index contributed by atoms with van der Waals surface area (Å²) < 4.78 is 0. The zero-order valence-electron chi connectivity index (χ0n) is 8.98. The minimum absolute atomic E-state index is 0.503. The van der Waals surface area contributed by atoms with E-state index in [0.717, 1.165) is 18.5 Å². The molecule has 0 saturated heterocycles. The summed E-state index contributed by atoms with van der Waals surface area (Å²) in [5, 5.41) is 1.25. The maximum absolute atomic E-state index is 5.60. The second-order valence-electron chi connectivity index (χ2n) is 3.90. The lowest BCUT2D eigenvalue weighted by Crippen LogP contribution is -2.05. The van der Waals surface area contributed by atoms with Gasteiger partial charge in [0.1, 0.15) is 0 Å². The molecule has 2 nitrogen and oxygen atoms in total. The van der Waals surface area contributed by atoms with E-state index in [-0.39, 0.29) is 0 Å². The third-order valence-electron chi connectivity index (χ3n) is 2.81. The molecule has 0 aliphatic heterocycles. The SMILES string of the molecule is CC(CCN)c1cccc2ncccc12. The lowest BCUT2D eigenvalue weighted by atomic mass is 9.94. The van der Waals surface area contributed by atoms with E-state index in [1.807, 2.05) is 18.3 Å². The van der Waals surface area contributed by atoms with Crippen molar-refractivity contribution >= 4 is 10.9 Å². The van der Waals surface area contributed by atoms with Crippen molar-refractivity contribution in [3.8, 4) is 0 Å². The van der Waals surface area contributed by atoms with Crippen molar-refractivity contribution in [2.75, 3.05) is 6.54 Å². The molecular formula is C13H16N2. The van der Waals surface area contributed by atoms with E-state index in [4.69, 9.17) is 5.73 Å². The Morgan fingerprint density at radius 3 is 2.93 bits per heavy atom. The van der Waals surface area contributed by atoms with E-state index < -0.39 is 0 Å². The Hall–Kier alpha value is -1.41. The van der Waals surface area contributed by atoms with Crippen LogP contribution >= 0.6 is 0 Å². The largest absolute Gasteiger partial charge is 0.330 e. The maximum Gasteiger partial charge on any atom is 0.0704 e. The Balaban J connectivity index is 2.50. The van der Waals surface area contributed by atoms with E-state index >= 15 is 0 Å². The molecule has 0 saturated carbocycles. The van der Waals surface area contributed by atoms with Crippen LogP contribution in [0.2, 0.25) is 0 Å². The Morgan fingerprint density at radius 2 is 2.13 bits per heavy atom. The van der Waals surface area contributed by atoms with Crippen LogP contribution in [-0.2, 0) is 0 Å². The number of fused-ring (bicyclic) bond motifs is 1. The smallest absolute Gasteiger partial charge is 0.0704 e. The molecule has 0 amide bonds. The summed E-state index contributed by atoms with van der Waals surface area (Å²) in [5.74, 6) is 0.503. The average molecular weight is 200 g/mol. The molecule has 1 aromatic carbocycles. The van der Waals surface area contributed by atoms with Gasteiger partial charge >= 0.3 is 0 Å². The number of nitrogens with zero attached hydrogens (tertiary/aromatic N) is 1. The highest BCUT2D eigenvalue weighted by molar-refractivity contribution is 5.82. The molecule has 1 heterocycles. The number of aromatic nitrogens is 1. The third-order valence-corrected chi connectivity index (χ3v) is 2.81. The molecule has 0 fully saturated rings. The second-order valence-corrected chi connectivity index (χ2v) is 3.90. The fourth-order valence-electron chi connectivity index (χ4n) is 1.96. The van der Waals surface area contributed by atoms with Crippen LogP contribution in [0.15, 0.2) is 36.5 Å². The first-order valence-corrected chi connectivity index (χ1v) is 5.36. The molecule has 2 heteroatoms. The Labute approximate surface area is 90.1 Å². The molecule has 1 unspecified atom stereocenters. The number of hydrogen-bond donors (Lipinski definition) is 1. The highest BCUT2D eigenvalue weighted by Crippen LogP contribution is 2.25. The molecule has 78 valence electrons. The number of nitrogens with two attached hydrogens (primary N) is 1. The predicted molar refractivity (Wildman–Crippen MR) is 63.8 cm³/mol. The Morgan fingerprint density at radius 1 is 1.27 bits per heavy atom. The minimum atomic E-state index is 0.503. The van der Waals surface area contributed by atoms with Gasteiger partial charge in [-0.3, -0.25) is 4.98 Å². The molecule has 2 aromatic rings. The number of hydrogen-bond acceptors (Lipinski definition) is 2. The van der Waals surface area contributed by atoms with Crippen molar-refractivity contribution in [2.24, 2.45) is 5.73 Å². The van der Waals surface area contributed by atoms with Crippen molar-refractivity contribution in [3.63, 3.8) is 0 Å². The van der Waals surface area contributed by atoms with Crippen molar-refractivity contribution in [2.45, 2.75) is 19.3 Å². The van der Waals surface area contributed by atoms with Crippen LogP contribution in [0.4, 0.5) is 0 Å². The van der Waals surface area contributed by atoms with Gasteiger partial charge in [-0.25, -0.2) is 0 Å². The standard InChI is InChI=1S/C13H16N2/c1-10(7-8-14)11-4-2-6-13-12(11)5-3-9-15-13/h2-6,9-10H,7-8,14H2,1H3. The molecule has 1 aromatic heterocycles. The van der Waals surface area contributed by atoms with Gasteiger partial charge in [0.2, 0.25) is 0 Å². The zero-order valence-corrected chi connectivity index (χ0v) is 8.98. The van der Waals surface area contributed by atoms with Gasteiger partial charge in [0.15, 0.2) is 0 Å². The minimum Gasteiger partial charge on any atom is -0.330 e. The molecule has 0 aliphatic carbocycles. The van der Waals surface area contributed by atoms with Gasteiger partial charge in [0, 0.05) is 11.6 Å².